The summed E-state index contributed by atoms with van der Waals surface area (Å²) >= 11 is 4.91. The molecule has 0 spiro atoms. The second-order valence-corrected chi connectivity index (χ2v) is 3.53. The van der Waals surface area contributed by atoms with Gasteiger partial charge in [-0.05, 0) is 18.2 Å². The molecule has 5 nitrogen and oxygen atoms in total. The number of hydrogen-bond acceptors (Lipinski definition) is 5. The maximum atomic E-state index is 5.56. The minimum Gasteiger partial charge on any atom is -0.467 e. The predicted molar refractivity (Wildman–Crippen MR) is 64.0 cm³/mol. The summed E-state index contributed by atoms with van der Waals surface area (Å²) in [6.07, 6.45) is 3.16. The van der Waals surface area contributed by atoms with E-state index in [0.29, 0.717) is 17.9 Å². The highest BCUT2D eigenvalue weighted by Crippen LogP contribution is 2.11. The third kappa shape index (κ3) is 2.34. The fraction of sp³-hybridized carbons (Fsp3) is 0.100. The predicted octanol–water partition coefficient (Wildman–Crippen LogP) is 1.32. The lowest BCUT2D eigenvalue weighted by Crippen LogP contribution is -2.14. The minimum absolute atomic E-state index is 0.289. The Morgan fingerprint density at radius 3 is 3.06 bits per heavy atom. The van der Waals surface area contributed by atoms with Crippen molar-refractivity contribution in [3.05, 3.63) is 42.0 Å². The van der Waals surface area contributed by atoms with Crippen molar-refractivity contribution in [3.63, 3.8) is 0 Å². The lowest BCUT2D eigenvalue weighted by molar-refractivity contribution is 0.517. The van der Waals surface area contributed by atoms with Gasteiger partial charge in [0.2, 0.25) is 0 Å². The van der Waals surface area contributed by atoms with E-state index >= 15 is 0 Å². The van der Waals surface area contributed by atoms with Crippen LogP contribution in [-0.4, -0.2) is 15.2 Å². The van der Waals surface area contributed by atoms with Crippen LogP contribution in [0.1, 0.15) is 11.3 Å². The smallest absolute Gasteiger partial charge is 0.159 e. The molecule has 82 valence electrons. The van der Waals surface area contributed by atoms with Crippen LogP contribution in [0.5, 0.6) is 0 Å². The summed E-state index contributed by atoms with van der Waals surface area (Å²) in [7, 11) is 0. The zero-order chi connectivity index (χ0) is 11.4. The SMILES string of the molecule is NC(=S)c1ccnnc1NCc1ccco1. The first-order chi connectivity index (χ1) is 7.77. The molecule has 2 aromatic heterocycles. The first-order valence-corrected chi connectivity index (χ1v) is 5.06. The molecule has 6 heteroatoms. The molecule has 0 amide bonds. The van der Waals surface area contributed by atoms with E-state index in [4.69, 9.17) is 22.4 Å². The van der Waals surface area contributed by atoms with Crippen molar-refractivity contribution in [2.45, 2.75) is 6.54 Å². The molecule has 0 bridgehead atoms. The standard InChI is InChI=1S/C10H10N4OS/c11-9(16)8-3-4-13-14-10(8)12-6-7-2-1-5-15-7/h1-5H,6H2,(H2,11,16)(H,12,14). The van der Waals surface area contributed by atoms with Gasteiger partial charge in [-0.25, -0.2) is 0 Å². The topological polar surface area (TPSA) is 77.0 Å². The monoisotopic (exact) mass is 234 g/mol. The summed E-state index contributed by atoms with van der Waals surface area (Å²) in [6.45, 7) is 0.515. The maximum absolute atomic E-state index is 5.56. The Bertz CT molecular complexity index is 483. The van der Waals surface area contributed by atoms with Gasteiger partial charge < -0.3 is 15.5 Å². The van der Waals surface area contributed by atoms with Gasteiger partial charge in [0, 0.05) is 0 Å². The van der Waals surface area contributed by atoms with Gasteiger partial charge in [0.1, 0.15) is 10.7 Å². The lowest BCUT2D eigenvalue weighted by Gasteiger charge is -2.07. The van der Waals surface area contributed by atoms with Crippen LogP contribution in [0.25, 0.3) is 0 Å². The van der Waals surface area contributed by atoms with Crippen LogP contribution in [0.15, 0.2) is 35.1 Å². The van der Waals surface area contributed by atoms with E-state index in [1.54, 1.807) is 18.5 Å². The van der Waals surface area contributed by atoms with Crippen LogP contribution in [0.2, 0.25) is 0 Å². The van der Waals surface area contributed by atoms with Crippen molar-refractivity contribution in [1.82, 2.24) is 10.2 Å². The van der Waals surface area contributed by atoms with Gasteiger partial charge in [-0.15, -0.1) is 5.10 Å². The van der Waals surface area contributed by atoms with Crippen molar-refractivity contribution < 1.29 is 4.42 Å². The molecule has 2 rings (SSSR count). The van der Waals surface area contributed by atoms with Gasteiger partial charge >= 0.3 is 0 Å². The van der Waals surface area contributed by atoms with E-state index in [1.165, 1.54) is 0 Å². The van der Waals surface area contributed by atoms with Gasteiger partial charge in [0.25, 0.3) is 0 Å². The zero-order valence-electron chi connectivity index (χ0n) is 8.38. The minimum atomic E-state index is 0.289. The molecular formula is C10H10N4OS. The number of anilines is 1. The Kier molecular flexibility index (Phi) is 3.11. The number of nitrogens with zero attached hydrogens (tertiary/aromatic N) is 2. The number of rotatable bonds is 4. The molecule has 0 aromatic carbocycles. The van der Waals surface area contributed by atoms with Crippen LogP contribution in [0.4, 0.5) is 5.82 Å². The summed E-state index contributed by atoms with van der Waals surface area (Å²) in [4.78, 5) is 0.289. The van der Waals surface area contributed by atoms with E-state index < -0.39 is 0 Å². The summed E-state index contributed by atoms with van der Waals surface area (Å²) in [5.41, 5.74) is 6.24. The van der Waals surface area contributed by atoms with Crippen LogP contribution >= 0.6 is 12.2 Å². The molecule has 0 saturated heterocycles. The molecule has 2 aromatic rings. The third-order valence-electron chi connectivity index (χ3n) is 2.00. The fourth-order valence-electron chi connectivity index (χ4n) is 1.25. The normalized spacial score (nSPS) is 10.0. The van der Waals surface area contributed by atoms with E-state index in [1.807, 2.05) is 12.1 Å². The average molecular weight is 234 g/mol. The van der Waals surface area contributed by atoms with Gasteiger partial charge in [-0.1, -0.05) is 12.2 Å². The molecule has 0 fully saturated rings. The highest BCUT2D eigenvalue weighted by Gasteiger charge is 2.06. The van der Waals surface area contributed by atoms with Crippen LogP contribution in [-0.2, 0) is 6.54 Å². The molecule has 2 heterocycles. The van der Waals surface area contributed by atoms with Crippen LogP contribution in [0, 0.1) is 0 Å². The quantitative estimate of drug-likeness (QED) is 0.777. The third-order valence-corrected chi connectivity index (χ3v) is 2.22. The van der Waals surface area contributed by atoms with Crippen molar-refractivity contribution in [2.24, 2.45) is 5.73 Å². The fourth-order valence-corrected chi connectivity index (χ4v) is 1.41. The summed E-state index contributed by atoms with van der Waals surface area (Å²) in [5.74, 6) is 1.37. The first-order valence-electron chi connectivity index (χ1n) is 4.65. The van der Waals surface area contributed by atoms with Gasteiger partial charge in [0.05, 0.1) is 24.6 Å². The molecule has 0 unspecified atom stereocenters. The van der Waals surface area contributed by atoms with Gasteiger partial charge in [-0.2, -0.15) is 5.10 Å². The summed E-state index contributed by atoms with van der Waals surface area (Å²) in [5, 5.41) is 10.8. The Labute approximate surface area is 97.7 Å². The largest absolute Gasteiger partial charge is 0.467 e. The van der Waals surface area contributed by atoms with Crippen molar-refractivity contribution in [1.29, 1.82) is 0 Å². The molecule has 0 aliphatic rings. The molecule has 3 N–H and O–H groups in total. The van der Waals surface area contributed by atoms with Gasteiger partial charge in [0.15, 0.2) is 5.82 Å². The number of nitrogens with one attached hydrogen (secondary N) is 1. The molecule has 0 atom stereocenters. The molecule has 0 aliphatic carbocycles. The van der Waals surface area contributed by atoms with E-state index in [9.17, 15) is 0 Å². The van der Waals surface area contributed by atoms with Gasteiger partial charge in [-0.3, -0.25) is 0 Å². The van der Waals surface area contributed by atoms with Crippen molar-refractivity contribution in [2.75, 3.05) is 5.32 Å². The highest BCUT2D eigenvalue weighted by atomic mass is 32.1. The number of thiocarbonyl (C=S) groups is 1. The highest BCUT2D eigenvalue weighted by molar-refractivity contribution is 7.80. The number of hydrogen-bond donors (Lipinski definition) is 2. The average Bonchev–Trinajstić information content (AvgIpc) is 2.79. The summed E-state index contributed by atoms with van der Waals surface area (Å²) in [6, 6.07) is 5.41. The number of furan rings is 1. The zero-order valence-corrected chi connectivity index (χ0v) is 9.20. The molecule has 0 aliphatic heterocycles. The van der Waals surface area contributed by atoms with E-state index in [2.05, 4.69) is 15.5 Å². The van der Waals surface area contributed by atoms with Crippen molar-refractivity contribution in [3.8, 4) is 0 Å². The van der Waals surface area contributed by atoms with Crippen LogP contribution in [0.3, 0.4) is 0 Å². The number of aromatic nitrogens is 2. The summed E-state index contributed by atoms with van der Waals surface area (Å²) < 4.78 is 5.18. The Hall–Kier alpha value is -1.95. The number of nitrogens with two attached hydrogens (primary N) is 1. The second-order valence-electron chi connectivity index (χ2n) is 3.09. The first kappa shape index (κ1) is 10.6. The maximum Gasteiger partial charge on any atom is 0.159 e. The molecule has 16 heavy (non-hydrogen) atoms. The Morgan fingerprint density at radius 1 is 1.50 bits per heavy atom. The lowest BCUT2D eigenvalue weighted by atomic mass is 10.3. The molecule has 0 saturated carbocycles. The Morgan fingerprint density at radius 2 is 2.38 bits per heavy atom. The molecule has 0 radical (unpaired) electrons. The molecular weight excluding hydrogens is 224 g/mol. The van der Waals surface area contributed by atoms with Crippen molar-refractivity contribution >= 4 is 23.0 Å². The van der Waals surface area contributed by atoms with E-state index in [-0.39, 0.29) is 4.99 Å². The second kappa shape index (κ2) is 4.71. The van der Waals surface area contributed by atoms with E-state index in [0.717, 1.165) is 5.76 Å². The van der Waals surface area contributed by atoms with Crippen LogP contribution < -0.4 is 11.1 Å². The Balaban J connectivity index is 2.12.